The summed E-state index contributed by atoms with van der Waals surface area (Å²) in [6.07, 6.45) is 7.77. The van der Waals surface area contributed by atoms with Gasteiger partial charge in [-0.25, -0.2) is 0 Å². The van der Waals surface area contributed by atoms with Gasteiger partial charge in [0, 0.05) is 18.5 Å². The molecule has 2 heteroatoms. The fourth-order valence-corrected chi connectivity index (χ4v) is 5.59. The highest BCUT2D eigenvalue weighted by Gasteiger charge is 2.56. The van der Waals surface area contributed by atoms with Gasteiger partial charge in [0.25, 0.3) is 0 Å². The van der Waals surface area contributed by atoms with Crippen molar-refractivity contribution in [1.82, 2.24) is 4.90 Å². The van der Waals surface area contributed by atoms with Gasteiger partial charge in [0.05, 0.1) is 0 Å². The van der Waals surface area contributed by atoms with Crippen LogP contribution in [0.2, 0.25) is 0 Å². The molecule has 4 unspecified atom stereocenters. The quantitative estimate of drug-likeness (QED) is 0.834. The maximum Gasteiger partial charge on any atom is 0.226 e. The molecular formula is C21H27NO. The van der Waals surface area contributed by atoms with Gasteiger partial charge in [-0.05, 0) is 54.1 Å². The van der Waals surface area contributed by atoms with Gasteiger partial charge >= 0.3 is 0 Å². The molecule has 1 saturated heterocycles. The lowest BCUT2D eigenvalue weighted by Gasteiger charge is -2.26. The van der Waals surface area contributed by atoms with E-state index in [0.717, 1.165) is 37.1 Å². The molecule has 1 aliphatic heterocycles. The van der Waals surface area contributed by atoms with E-state index in [1.807, 2.05) is 0 Å². The first kappa shape index (κ1) is 14.1. The lowest BCUT2D eigenvalue weighted by Crippen LogP contribution is -2.32. The Morgan fingerprint density at radius 3 is 2.57 bits per heavy atom. The van der Waals surface area contributed by atoms with Crippen molar-refractivity contribution in [2.75, 3.05) is 6.54 Å². The van der Waals surface area contributed by atoms with Crippen LogP contribution < -0.4 is 0 Å². The smallest absolute Gasteiger partial charge is 0.226 e. The number of hydrogen-bond donors (Lipinski definition) is 0. The van der Waals surface area contributed by atoms with Crippen LogP contribution in [-0.4, -0.2) is 23.4 Å². The van der Waals surface area contributed by atoms with Gasteiger partial charge in [-0.1, -0.05) is 50.5 Å². The van der Waals surface area contributed by atoms with Crippen LogP contribution >= 0.6 is 0 Å². The van der Waals surface area contributed by atoms with Crippen LogP contribution in [0.3, 0.4) is 0 Å². The maximum atomic E-state index is 13.0. The Morgan fingerprint density at radius 1 is 1.13 bits per heavy atom. The topological polar surface area (TPSA) is 20.3 Å². The van der Waals surface area contributed by atoms with Gasteiger partial charge in [-0.2, -0.15) is 0 Å². The number of amides is 1. The number of benzene rings is 1. The summed E-state index contributed by atoms with van der Waals surface area (Å²) in [7, 11) is 0. The molecular weight excluding hydrogens is 282 g/mol. The van der Waals surface area contributed by atoms with Crippen molar-refractivity contribution >= 4 is 5.91 Å². The zero-order valence-corrected chi connectivity index (χ0v) is 14.1. The van der Waals surface area contributed by atoms with Crippen molar-refractivity contribution in [2.45, 2.75) is 51.5 Å². The second-order valence-corrected chi connectivity index (χ2v) is 8.58. The number of carbonyl (C=O) groups excluding carboxylic acids is 1. The maximum absolute atomic E-state index is 13.0. The number of rotatable bonds is 3. The zero-order valence-electron chi connectivity index (χ0n) is 14.1. The first-order valence-electron chi connectivity index (χ1n) is 9.59. The van der Waals surface area contributed by atoms with E-state index in [-0.39, 0.29) is 5.92 Å². The van der Waals surface area contributed by atoms with E-state index in [1.165, 1.54) is 36.8 Å². The molecule has 0 radical (unpaired) electrons. The molecule has 0 spiro atoms. The Bertz CT molecular complexity index is 634. The van der Waals surface area contributed by atoms with Crippen LogP contribution in [0, 0.1) is 29.6 Å². The molecule has 122 valence electrons. The highest BCUT2D eigenvalue weighted by atomic mass is 16.2. The first-order chi connectivity index (χ1) is 11.2. The van der Waals surface area contributed by atoms with E-state index in [1.54, 1.807) is 0 Å². The second-order valence-electron chi connectivity index (χ2n) is 8.58. The van der Waals surface area contributed by atoms with Crippen molar-refractivity contribution in [3.8, 4) is 0 Å². The lowest BCUT2D eigenvalue weighted by molar-refractivity contribution is -0.132. The predicted octanol–water partition coefficient (Wildman–Crippen LogP) is 3.68. The zero-order chi connectivity index (χ0) is 15.6. The third-order valence-electron chi connectivity index (χ3n) is 7.34. The second kappa shape index (κ2) is 5.09. The third-order valence-corrected chi connectivity index (χ3v) is 7.34. The van der Waals surface area contributed by atoms with Crippen LogP contribution in [-0.2, 0) is 17.6 Å². The van der Waals surface area contributed by atoms with E-state index < -0.39 is 0 Å². The van der Waals surface area contributed by atoms with E-state index in [0.29, 0.717) is 17.9 Å². The summed E-state index contributed by atoms with van der Waals surface area (Å²) in [4.78, 5) is 15.3. The molecule has 0 aromatic heterocycles. The Labute approximate surface area is 139 Å². The van der Waals surface area contributed by atoms with E-state index >= 15 is 0 Å². The van der Waals surface area contributed by atoms with Crippen molar-refractivity contribution in [3.63, 3.8) is 0 Å². The van der Waals surface area contributed by atoms with Gasteiger partial charge in [0.15, 0.2) is 0 Å². The number of carbonyl (C=O) groups is 1. The van der Waals surface area contributed by atoms with Crippen molar-refractivity contribution in [3.05, 3.63) is 35.4 Å². The Morgan fingerprint density at radius 2 is 1.87 bits per heavy atom. The molecule has 4 aliphatic rings. The van der Waals surface area contributed by atoms with E-state index in [2.05, 4.69) is 36.1 Å². The van der Waals surface area contributed by atoms with Crippen molar-refractivity contribution in [1.29, 1.82) is 0 Å². The van der Waals surface area contributed by atoms with Gasteiger partial charge < -0.3 is 4.90 Å². The summed E-state index contributed by atoms with van der Waals surface area (Å²) in [6, 6.07) is 9.31. The predicted molar refractivity (Wildman–Crippen MR) is 90.9 cm³/mol. The van der Waals surface area contributed by atoms with Crippen molar-refractivity contribution < 1.29 is 4.79 Å². The number of nitrogens with zero attached hydrogens (tertiary/aromatic N) is 1. The van der Waals surface area contributed by atoms with Gasteiger partial charge in [-0.3, -0.25) is 4.79 Å². The SMILES string of the molecule is C[C@@H]1C(CC2CCC2)C1N1CC2Cc3ccccc3CC2C1=O. The Hall–Kier alpha value is -1.31. The molecule has 1 amide bonds. The summed E-state index contributed by atoms with van der Waals surface area (Å²) in [5, 5.41) is 0. The molecule has 5 rings (SSSR count). The molecule has 0 N–H and O–H groups in total. The standard InChI is InChI=1S/C21H27NO/c1-13-18(9-14-5-4-6-14)20(13)22-12-17-10-15-7-2-3-8-16(15)11-19(17)21(22)23/h2-3,7-8,13-14,17-20H,4-6,9-12H2,1H3/t13-,17?,18?,19?,20?/m1/s1. The van der Waals surface area contributed by atoms with Crippen LogP contribution in [0.25, 0.3) is 0 Å². The van der Waals surface area contributed by atoms with Crippen molar-refractivity contribution in [2.24, 2.45) is 29.6 Å². The molecule has 2 saturated carbocycles. The third kappa shape index (κ3) is 2.17. The lowest BCUT2D eigenvalue weighted by atomic mass is 9.78. The Balaban J connectivity index is 1.31. The van der Waals surface area contributed by atoms with Crippen LogP contribution in [0.15, 0.2) is 24.3 Å². The fourth-order valence-electron chi connectivity index (χ4n) is 5.59. The van der Waals surface area contributed by atoms with E-state index in [4.69, 9.17) is 0 Å². The minimum atomic E-state index is 0.266. The minimum absolute atomic E-state index is 0.266. The normalized spacial score (nSPS) is 38.9. The molecule has 0 bridgehead atoms. The molecule has 3 fully saturated rings. The van der Waals surface area contributed by atoms with Crippen LogP contribution in [0.4, 0.5) is 0 Å². The number of fused-ring (bicyclic) bond motifs is 2. The highest BCUT2D eigenvalue weighted by molar-refractivity contribution is 5.83. The van der Waals surface area contributed by atoms with E-state index in [9.17, 15) is 4.79 Å². The molecule has 1 heterocycles. The van der Waals surface area contributed by atoms with Gasteiger partial charge in [-0.15, -0.1) is 0 Å². The average Bonchev–Trinajstić information content (AvgIpc) is 3.04. The average molecular weight is 309 g/mol. The first-order valence-corrected chi connectivity index (χ1v) is 9.59. The molecule has 1 aromatic carbocycles. The molecule has 23 heavy (non-hydrogen) atoms. The minimum Gasteiger partial charge on any atom is -0.339 e. The summed E-state index contributed by atoms with van der Waals surface area (Å²) in [6.45, 7) is 3.39. The molecule has 5 atom stereocenters. The van der Waals surface area contributed by atoms with Gasteiger partial charge in [0.2, 0.25) is 5.91 Å². The number of hydrogen-bond acceptors (Lipinski definition) is 1. The summed E-state index contributed by atoms with van der Waals surface area (Å²) < 4.78 is 0. The van der Waals surface area contributed by atoms with Crippen LogP contribution in [0.1, 0.15) is 43.7 Å². The largest absolute Gasteiger partial charge is 0.339 e. The molecule has 1 aromatic rings. The number of likely N-dealkylation sites (tertiary alicyclic amines) is 1. The molecule has 3 aliphatic carbocycles. The Kier molecular flexibility index (Phi) is 3.11. The summed E-state index contributed by atoms with van der Waals surface area (Å²) in [5.74, 6) is 3.81. The summed E-state index contributed by atoms with van der Waals surface area (Å²) in [5.41, 5.74) is 2.90. The van der Waals surface area contributed by atoms with Crippen LogP contribution in [0.5, 0.6) is 0 Å². The molecule has 2 nitrogen and oxygen atoms in total. The monoisotopic (exact) mass is 309 g/mol. The van der Waals surface area contributed by atoms with Gasteiger partial charge in [0.1, 0.15) is 0 Å². The fraction of sp³-hybridized carbons (Fsp3) is 0.667. The highest BCUT2D eigenvalue weighted by Crippen LogP contribution is 2.52. The summed E-state index contributed by atoms with van der Waals surface area (Å²) >= 11 is 0.